The molecule has 0 radical (unpaired) electrons. The lowest BCUT2D eigenvalue weighted by molar-refractivity contribution is -0.387. The van der Waals surface area contributed by atoms with Crippen molar-refractivity contribution in [2.75, 3.05) is 6.54 Å². The number of benzene rings is 1. The van der Waals surface area contributed by atoms with Crippen LogP contribution in [-0.4, -0.2) is 39.8 Å². The summed E-state index contributed by atoms with van der Waals surface area (Å²) in [5, 5.41) is 11.2. The van der Waals surface area contributed by atoms with Crippen LogP contribution in [0.5, 0.6) is 0 Å². The number of halogens is 1. The Morgan fingerprint density at radius 1 is 1.40 bits per heavy atom. The van der Waals surface area contributed by atoms with E-state index in [-0.39, 0.29) is 25.9 Å². The summed E-state index contributed by atoms with van der Waals surface area (Å²) in [7, 11) is -4.27. The van der Waals surface area contributed by atoms with Gasteiger partial charge in [0.25, 0.3) is 5.69 Å². The van der Waals surface area contributed by atoms with Crippen LogP contribution in [0, 0.1) is 17.0 Å². The van der Waals surface area contributed by atoms with E-state index in [1.807, 2.05) is 0 Å². The van der Waals surface area contributed by atoms with Gasteiger partial charge in [-0.1, -0.05) is 12.1 Å². The molecule has 1 aromatic heterocycles. The van der Waals surface area contributed by atoms with Gasteiger partial charge in [0.2, 0.25) is 10.0 Å². The Morgan fingerprint density at radius 2 is 2.08 bits per heavy atom. The van der Waals surface area contributed by atoms with Gasteiger partial charge in [0.1, 0.15) is 11.5 Å². The summed E-state index contributed by atoms with van der Waals surface area (Å²) in [6, 6.07) is 5.06. The molecule has 1 fully saturated rings. The zero-order chi connectivity index (χ0) is 18.2. The van der Waals surface area contributed by atoms with E-state index in [4.69, 9.17) is 0 Å². The average molecular weight is 368 g/mol. The lowest BCUT2D eigenvalue weighted by atomic mass is 10.3. The minimum atomic E-state index is -4.27. The van der Waals surface area contributed by atoms with E-state index < -0.39 is 31.2 Å². The van der Waals surface area contributed by atoms with Crippen LogP contribution >= 0.6 is 0 Å². The molecule has 1 saturated carbocycles. The highest BCUT2D eigenvalue weighted by Gasteiger charge is 2.47. The van der Waals surface area contributed by atoms with Crippen molar-refractivity contribution in [3.05, 3.63) is 52.1 Å². The fourth-order valence-electron chi connectivity index (χ4n) is 2.52. The van der Waals surface area contributed by atoms with Crippen LogP contribution in [0.3, 0.4) is 0 Å². The molecule has 8 nitrogen and oxygen atoms in total. The van der Waals surface area contributed by atoms with Gasteiger partial charge in [-0.05, 0) is 25.8 Å². The van der Waals surface area contributed by atoms with E-state index in [2.05, 4.69) is 9.97 Å². The number of hydrogen-bond acceptors (Lipinski definition) is 5. The smallest absolute Gasteiger partial charge is 0.289 e. The van der Waals surface area contributed by atoms with E-state index in [0.717, 1.165) is 22.1 Å². The Labute approximate surface area is 143 Å². The first-order chi connectivity index (χ1) is 11.7. The summed E-state index contributed by atoms with van der Waals surface area (Å²) in [5.41, 5.74) is -1.38. The van der Waals surface area contributed by atoms with E-state index in [1.54, 1.807) is 6.92 Å². The number of para-hydroxylation sites is 1. The third kappa shape index (κ3) is 3.69. The van der Waals surface area contributed by atoms with E-state index in [9.17, 15) is 22.9 Å². The normalized spacial score (nSPS) is 16.1. The molecule has 2 aromatic rings. The van der Waals surface area contributed by atoms with Crippen LogP contribution < -0.4 is 0 Å². The monoisotopic (exact) mass is 368 g/mol. The molecule has 0 spiro atoms. The molecule has 3 rings (SSSR count). The molecule has 0 bridgehead atoms. The summed E-state index contributed by atoms with van der Waals surface area (Å²) in [6.07, 6.45) is 2.08. The predicted molar refractivity (Wildman–Crippen MR) is 87.1 cm³/mol. The third-order valence-electron chi connectivity index (χ3n) is 4.01. The van der Waals surface area contributed by atoms with Crippen LogP contribution in [0.15, 0.2) is 35.4 Å². The molecule has 0 amide bonds. The molecule has 1 heterocycles. The van der Waals surface area contributed by atoms with Crippen molar-refractivity contribution < 1.29 is 17.7 Å². The van der Waals surface area contributed by atoms with Gasteiger partial charge in [0.05, 0.1) is 11.5 Å². The molecule has 10 heteroatoms. The molecule has 1 aliphatic rings. The predicted octanol–water partition coefficient (Wildman–Crippen LogP) is 2.32. The van der Waals surface area contributed by atoms with Crippen molar-refractivity contribution in [2.45, 2.75) is 36.9 Å². The number of hydrogen-bond donors (Lipinski definition) is 1. The number of imidazole rings is 1. The Kier molecular flexibility index (Phi) is 4.33. The number of nitro groups is 1. The molecule has 1 aromatic carbocycles. The van der Waals surface area contributed by atoms with Crippen LogP contribution in [0.25, 0.3) is 0 Å². The zero-order valence-corrected chi connectivity index (χ0v) is 14.3. The number of nitrogens with one attached hydrogen (secondary N) is 1. The Balaban J connectivity index is 2.00. The standard InChI is InChI=1S/C15H17FN4O4S/c1-11-8-17-14(18-11)9-19(10-15(16)6-7-15)25(23,24)13-5-3-2-4-12(13)20(21)22/h2-5,8H,6-7,9-10H2,1H3,(H,17,18). The lowest BCUT2D eigenvalue weighted by Crippen LogP contribution is -2.37. The van der Waals surface area contributed by atoms with Gasteiger partial charge in [0.15, 0.2) is 4.90 Å². The summed E-state index contributed by atoms with van der Waals surface area (Å²) in [4.78, 5) is 16.9. The van der Waals surface area contributed by atoms with E-state index in [0.29, 0.717) is 5.82 Å². The number of aromatic amines is 1. The van der Waals surface area contributed by atoms with Crippen molar-refractivity contribution in [1.29, 1.82) is 0 Å². The summed E-state index contributed by atoms with van der Waals surface area (Å²) in [6.45, 7) is 1.21. The van der Waals surface area contributed by atoms with Crippen LogP contribution in [0.1, 0.15) is 24.4 Å². The van der Waals surface area contributed by atoms with Gasteiger partial charge < -0.3 is 4.98 Å². The summed E-state index contributed by atoms with van der Waals surface area (Å²) >= 11 is 0. The van der Waals surface area contributed by atoms with Crippen molar-refractivity contribution >= 4 is 15.7 Å². The fourth-order valence-corrected chi connectivity index (χ4v) is 4.14. The largest absolute Gasteiger partial charge is 0.345 e. The topological polar surface area (TPSA) is 109 Å². The molecule has 1 N–H and O–H groups in total. The second-order valence-electron chi connectivity index (χ2n) is 6.16. The maximum Gasteiger partial charge on any atom is 0.289 e. The molecule has 0 saturated heterocycles. The Hall–Kier alpha value is -2.33. The van der Waals surface area contributed by atoms with Gasteiger partial charge in [-0.2, -0.15) is 4.31 Å². The SMILES string of the molecule is Cc1cnc(CN(CC2(F)CC2)S(=O)(=O)c2ccccc2[N+](=O)[O-])[nH]1. The van der Waals surface area contributed by atoms with Crippen LogP contribution in [0.2, 0.25) is 0 Å². The average Bonchev–Trinajstić information content (AvgIpc) is 3.14. The summed E-state index contributed by atoms with van der Waals surface area (Å²) < 4.78 is 41.2. The zero-order valence-electron chi connectivity index (χ0n) is 13.5. The number of aryl methyl sites for hydroxylation is 1. The maximum absolute atomic E-state index is 14.3. The molecule has 1 aliphatic carbocycles. The van der Waals surface area contributed by atoms with E-state index in [1.165, 1.54) is 18.3 Å². The van der Waals surface area contributed by atoms with Gasteiger partial charge in [-0.15, -0.1) is 0 Å². The first kappa shape index (κ1) is 17.5. The molecule has 0 aliphatic heterocycles. The molecule has 0 atom stereocenters. The van der Waals surface area contributed by atoms with Gasteiger partial charge in [0, 0.05) is 24.5 Å². The Morgan fingerprint density at radius 3 is 2.64 bits per heavy atom. The van der Waals surface area contributed by atoms with Crippen LogP contribution in [-0.2, 0) is 16.6 Å². The highest BCUT2D eigenvalue weighted by molar-refractivity contribution is 7.89. The number of rotatable bonds is 7. The second-order valence-corrected chi connectivity index (χ2v) is 8.07. The molecular formula is C15H17FN4O4S. The number of nitro benzene ring substituents is 1. The number of aromatic nitrogens is 2. The lowest BCUT2D eigenvalue weighted by Gasteiger charge is -2.22. The van der Waals surface area contributed by atoms with Crippen molar-refractivity contribution in [3.8, 4) is 0 Å². The number of sulfonamides is 1. The molecule has 0 unspecified atom stereocenters. The van der Waals surface area contributed by atoms with Gasteiger partial charge in [-0.3, -0.25) is 10.1 Å². The maximum atomic E-state index is 14.3. The number of alkyl halides is 1. The second kappa shape index (κ2) is 6.19. The first-order valence-corrected chi connectivity index (χ1v) is 9.08. The highest BCUT2D eigenvalue weighted by Crippen LogP contribution is 2.42. The molecular weight excluding hydrogens is 351 g/mol. The summed E-state index contributed by atoms with van der Waals surface area (Å²) in [5.74, 6) is 0.351. The minimum Gasteiger partial charge on any atom is -0.345 e. The minimum absolute atomic E-state index is 0.187. The van der Waals surface area contributed by atoms with Gasteiger partial charge in [-0.25, -0.2) is 17.8 Å². The van der Waals surface area contributed by atoms with E-state index >= 15 is 0 Å². The fraction of sp³-hybridized carbons (Fsp3) is 0.400. The Bertz CT molecular complexity index is 908. The quantitative estimate of drug-likeness (QED) is 0.596. The third-order valence-corrected chi connectivity index (χ3v) is 5.85. The molecule has 25 heavy (non-hydrogen) atoms. The highest BCUT2D eigenvalue weighted by atomic mass is 32.2. The number of H-pyrrole nitrogens is 1. The van der Waals surface area contributed by atoms with Gasteiger partial charge >= 0.3 is 0 Å². The van der Waals surface area contributed by atoms with Crippen LogP contribution in [0.4, 0.5) is 10.1 Å². The first-order valence-electron chi connectivity index (χ1n) is 7.64. The van der Waals surface area contributed by atoms with Crippen molar-refractivity contribution in [3.63, 3.8) is 0 Å². The van der Waals surface area contributed by atoms with Crippen molar-refractivity contribution in [1.82, 2.24) is 14.3 Å². The number of nitrogens with zero attached hydrogens (tertiary/aromatic N) is 3. The molecule has 134 valence electrons. The van der Waals surface area contributed by atoms with Crippen molar-refractivity contribution in [2.24, 2.45) is 0 Å².